The first-order valence-electron chi connectivity index (χ1n) is 5.83. The second-order valence-electron chi connectivity index (χ2n) is 4.48. The number of nitrogens with zero attached hydrogens (tertiary/aromatic N) is 1. The number of aromatic amines is 1. The molecule has 0 aliphatic heterocycles. The first-order chi connectivity index (χ1) is 9.47. The van der Waals surface area contributed by atoms with E-state index < -0.39 is 0 Å². The standard InChI is InChI=1S/C14H9BrFIN2S/c1-7-4-9(15)10(16)6-13(7)19-12-3-2-8(17)5-11(12)18-14(19)20/h2-6H,1H3,(H,18,20). The number of benzene rings is 2. The van der Waals surface area contributed by atoms with E-state index in [0.717, 1.165) is 25.9 Å². The third-order valence-electron chi connectivity index (χ3n) is 3.12. The fourth-order valence-electron chi connectivity index (χ4n) is 2.20. The van der Waals surface area contributed by atoms with Crippen molar-refractivity contribution in [2.75, 3.05) is 0 Å². The third-order valence-corrected chi connectivity index (χ3v) is 4.69. The molecule has 0 spiro atoms. The summed E-state index contributed by atoms with van der Waals surface area (Å²) in [4.78, 5) is 3.17. The molecule has 0 saturated heterocycles. The summed E-state index contributed by atoms with van der Waals surface area (Å²) in [5.41, 5.74) is 3.60. The zero-order valence-corrected chi connectivity index (χ0v) is 14.9. The number of aryl methyl sites for hydroxylation is 1. The second-order valence-corrected chi connectivity index (χ2v) is 6.97. The topological polar surface area (TPSA) is 20.7 Å². The number of nitrogens with one attached hydrogen (secondary N) is 1. The number of H-pyrrole nitrogens is 1. The number of imidazole rings is 1. The van der Waals surface area contributed by atoms with Crippen LogP contribution < -0.4 is 0 Å². The van der Waals surface area contributed by atoms with Gasteiger partial charge >= 0.3 is 0 Å². The van der Waals surface area contributed by atoms with Gasteiger partial charge in [0.05, 0.1) is 21.2 Å². The summed E-state index contributed by atoms with van der Waals surface area (Å²) in [5.74, 6) is -0.299. The Kier molecular flexibility index (Phi) is 3.72. The van der Waals surface area contributed by atoms with Crippen molar-refractivity contribution in [3.8, 4) is 5.69 Å². The van der Waals surface area contributed by atoms with Gasteiger partial charge in [0, 0.05) is 3.57 Å². The van der Waals surface area contributed by atoms with Crippen molar-refractivity contribution in [3.63, 3.8) is 0 Å². The zero-order chi connectivity index (χ0) is 14.4. The number of hydrogen-bond acceptors (Lipinski definition) is 1. The molecule has 3 rings (SSSR count). The van der Waals surface area contributed by atoms with Crippen LogP contribution in [0, 0.1) is 21.1 Å². The van der Waals surface area contributed by atoms with Gasteiger partial charge in [-0.3, -0.25) is 4.57 Å². The summed E-state index contributed by atoms with van der Waals surface area (Å²) in [6.07, 6.45) is 0. The summed E-state index contributed by atoms with van der Waals surface area (Å²) in [6, 6.07) is 9.28. The smallest absolute Gasteiger partial charge is 0.182 e. The summed E-state index contributed by atoms with van der Waals surface area (Å²) < 4.78 is 17.9. The van der Waals surface area contributed by atoms with Crippen molar-refractivity contribution in [1.29, 1.82) is 0 Å². The first kappa shape index (κ1) is 14.2. The molecule has 2 nitrogen and oxygen atoms in total. The van der Waals surface area contributed by atoms with Gasteiger partial charge in [-0.1, -0.05) is 0 Å². The Bertz CT molecular complexity index is 885. The maximum Gasteiger partial charge on any atom is 0.182 e. The van der Waals surface area contributed by atoms with Gasteiger partial charge in [-0.05, 0) is 93.6 Å². The molecule has 0 aliphatic rings. The van der Waals surface area contributed by atoms with Crippen molar-refractivity contribution >= 4 is 61.8 Å². The molecule has 0 radical (unpaired) electrons. The third kappa shape index (κ3) is 2.33. The number of halogens is 3. The zero-order valence-electron chi connectivity index (χ0n) is 10.4. The normalized spacial score (nSPS) is 11.2. The molecule has 20 heavy (non-hydrogen) atoms. The van der Waals surface area contributed by atoms with E-state index in [0.29, 0.717) is 9.24 Å². The van der Waals surface area contributed by atoms with Gasteiger partial charge in [0.25, 0.3) is 0 Å². The monoisotopic (exact) mass is 462 g/mol. The number of fused-ring (bicyclic) bond motifs is 1. The highest BCUT2D eigenvalue weighted by Crippen LogP contribution is 2.27. The predicted molar refractivity (Wildman–Crippen MR) is 93.6 cm³/mol. The minimum Gasteiger partial charge on any atom is -0.330 e. The van der Waals surface area contributed by atoms with Gasteiger partial charge < -0.3 is 4.98 Å². The van der Waals surface area contributed by atoms with Crippen molar-refractivity contribution in [2.24, 2.45) is 0 Å². The average Bonchev–Trinajstić information content (AvgIpc) is 2.69. The molecule has 2 aromatic carbocycles. The van der Waals surface area contributed by atoms with E-state index in [1.54, 1.807) is 6.07 Å². The highest BCUT2D eigenvalue weighted by Gasteiger charge is 2.12. The minimum absolute atomic E-state index is 0.299. The Morgan fingerprint density at radius 2 is 2.05 bits per heavy atom. The Morgan fingerprint density at radius 1 is 1.30 bits per heavy atom. The predicted octanol–water partition coefficient (Wildman–Crippen LogP) is 5.50. The fourth-order valence-corrected chi connectivity index (χ4v) is 3.46. The highest BCUT2D eigenvalue weighted by molar-refractivity contribution is 14.1. The van der Waals surface area contributed by atoms with Gasteiger partial charge in [-0.15, -0.1) is 0 Å². The van der Waals surface area contributed by atoms with Crippen LogP contribution in [-0.2, 0) is 0 Å². The van der Waals surface area contributed by atoms with Crippen molar-refractivity contribution in [1.82, 2.24) is 9.55 Å². The quantitative estimate of drug-likeness (QED) is 0.374. The highest BCUT2D eigenvalue weighted by atomic mass is 127. The molecule has 102 valence electrons. The van der Waals surface area contributed by atoms with E-state index in [2.05, 4.69) is 43.5 Å². The van der Waals surface area contributed by atoms with Crippen LogP contribution in [0.4, 0.5) is 4.39 Å². The molecule has 0 unspecified atom stereocenters. The summed E-state index contributed by atoms with van der Waals surface area (Å²) in [6.45, 7) is 1.94. The van der Waals surface area contributed by atoms with Crippen LogP contribution in [0.5, 0.6) is 0 Å². The molecule has 0 fully saturated rings. The van der Waals surface area contributed by atoms with E-state index >= 15 is 0 Å². The molecule has 0 bridgehead atoms. The molecule has 1 N–H and O–H groups in total. The van der Waals surface area contributed by atoms with Crippen molar-refractivity contribution in [2.45, 2.75) is 6.92 Å². The lowest BCUT2D eigenvalue weighted by Gasteiger charge is -2.09. The van der Waals surface area contributed by atoms with E-state index in [9.17, 15) is 4.39 Å². The van der Waals surface area contributed by atoms with Crippen LogP contribution in [0.15, 0.2) is 34.8 Å². The summed E-state index contributed by atoms with van der Waals surface area (Å²) >= 11 is 10.8. The molecule has 3 aromatic rings. The molecule has 6 heteroatoms. The molecular weight excluding hydrogens is 454 g/mol. The summed E-state index contributed by atoms with van der Waals surface area (Å²) in [7, 11) is 0. The molecular formula is C14H9BrFIN2S. The lowest BCUT2D eigenvalue weighted by atomic mass is 10.2. The maximum atomic E-state index is 13.8. The lowest BCUT2D eigenvalue weighted by Crippen LogP contribution is -1.98. The fraction of sp³-hybridized carbons (Fsp3) is 0.0714. The van der Waals surface area contributed by atoms with Crippen LogP contribution >= 0.6 is 50.7 Å². The van der Waals surface area contributed by atoms with Crippen molar-refractivity contribution in [3.05, 3.63) is 54.5 Å². The Morgan fingerprint density at radius 3 is 2.80 bits per heavy atom. The minimum atomic E-state index is -0.299. The average molecular weight is 463 g/mol. The number of rotatable bonds is 1. The molecule has 1 aromatic heterocycles. The first-order valence-corrected chi connectivity index (χ1v) is 8.11. The van der Waals surface area contributed by atoms with Crippen LogP contribution in [0.2, 0.25) is 0 Å². The largest absolute Gasteiger partial charge is 0.330 e. The van der Waals surface area contributed by atoms with E-state index in [1.807, 2.05) is 29.7 Å². The Hall–Kier alpha value is -0.730. The van der Waals surface area contributed by atoms with Gasteiger partial charge in [0.1, 0.15) is 5.82 Å². The maximum absolute atomic E-state index is 13.8. The molecule has 1 heterocycles. The van der Waals surface area contributed by atoms with Gasteiger partial charge in [-0.2, -0.15) is 0 Å². The van der Waals surface area contributed by atoms with Gasteiger partial charge in [-0.25, -0.2) is 4.39 Å². The molecule has 0 atom stereocenters. The van der Waals surface area contributed by atoms with Crippen molar-refractivity contribution < 1.29 is 4.39 Å². The second kappa shape index (κ2) is 5.23. The van der Waals surface area contributed by atoms with Crippen LogP contribution in [-0.4, -0.2) is 9.55 Å². The SMILES string of the molecule is Cc1cc(Br)c(F)cc1-n1c(=S)[nH]c2cc(I)ccc21. The Labute approximate surface area is 142 Å². The lowest BCUT2D eigenvalue weighted by molar-refractivity contribution is 0.619. The number of aromatic nitrogens is 2. The van der Waals surface area contributed by atoms with Crippen LogP contribution in [0.1, 0.15) is 5.56 Å². The molecule has 0 saturated carbocycles. The van der Waals surface area contributed by atoms with Gasteiger partial charge in [0.2, 0.25) is 0 Å². The van der Waals surface area contributed by atoms with E-state index in [-0.39, 0.29) is 5.82 Å². The van der Waals surface area contributed by atoms with Gasteiger partial charge in [0.15, 0.2) is 4.77 Å². The Balaban J connectivity index is 2.38. The molecule has 0 amide bonds. The van der Waals surface area contributed by atoms with Crippen LogP contribution in [0.3, 0.4) is 0 Å². The number of hydrogen-bond donors (Lipinski definition) is 1. The van der Waals surface area contributed by atoms with E-state index in [4.69, 9.17) is 12.2 Å². The van der Waals surface area contributed by atoms with Crippen LogP contribution in [0.25, 0.3) is 16.7 Å². The summed E-state index contributed by atoms with van der Waals surface area (Å²) in [5, 5.41) is 0. The van der Waals surface area contributed by atoms with E-state index in [1.165, 1.54) is 6.07 Å². The molecule has 0 aliphatic carbocycles.